The van der Waals surface area contributed by atoms with Gasteiger partial charge in [0.2, 0.25) is 0 Å². The van der Waals surface area contributed by atoms with Crippen molar-refractivity contribution in [1.29, 1.82) is 0 Å². The van der Waals surface area contributed by atoms with Crippen LogP contribution in [0, 0.1) is 0 Å². The Morgan fingerprint density at radius 1 is 0.605 bits per heavy atom. The zero-order valence-electron chi connectivity index (χ0n) is 23.2. The van der Waals surface area contributed by atoms with Gasteiger partial charge in [-0.1, -0.05) is 34.8 Å². The minimum absolute atomic E-state index is 0.102. The van der Waals surface area contributed by atoms with Gasteiger partial charge in [-0.15, -0.1) is 0 Å². The van der Waals surface area contributed by atoms with Crippen molar-refractivity contribution in [3.05, 3.63) is 76.2 Å². The van der Waals surface area contributed by atoms with Gasteiger partial charge in [0.15, 0.2) is 24.9 Å². The molecule has 0 unspecified atom stereocenters. The van der Waals surface area contributed by atoms with E-state index in [0.717, 1.165) is 32.1 Å². The third-order valence-electron chi connectivity index (χ3n) is 5.62. The maximum Gasteiger partial charge on any atom is 0.320 e. The van der Waals surface area contributed by atoms with E-state index in [0.29, 0.717) is 30.0 Å². The third-order valence-corrected chi connectivity index (χ3v) is 6.20. The van der Waals surface area contributed by atoms with Crippen LogP contribution in [0.2, 0.25) is 15.5 Å². The molecule has 2 aliphatic rings. The van der Waals surface area contributed by atoms with Gasteiger partial charge in [-0.05, 0) is 31.4 Å². The fourth-order valence-electron chi connectivity index (χ4n) is 3.59. The molecule has 0 N–H and O–H groups in total. The van der Waals surface area contributed by atoms with E-state index in [1.165, 1.54) is 25.3 Å². The maximum absolute atomic E-state index is 6.03. The average Bonchev–Trinajstić information content (AvgIpc) is 3.05. The second-order valence-electron chi connectivity index (χ2n) is 8.81. The molecule has 0 amide bonds. The van der Waals surface area contributed by atoms with Crippen LogP contribution in [0.1, 0.15) is 30.9 Å². The number of ether oxygens (including phenoxy) is 4. The highest BCUT2D eigenvalue weighted by molar-refractivity contribution is 6.33. The fourth-order valence-corrected chi connectivity index (χ4v) is 4.17. The first kappa shape index (κ1) is 32.4. The zero-order valence-corrected chi connectivity index (χ0v) is 25.5. The van der Waals surface area contributed by atoms with E-state index >= 15 is 0 Å². The monoisotopic (exact) mass is 649 g/mol. The molecule has 0 aromatic carbocycles. The van der Waals surface area contributed by atoms with Gasteiger partial charge in [0, 0.05) is 63.2 Å². The Labute approximate surface area is 263 Å². The van der Waals surface area contributed by atoms with Crippen LogP contribution in [-0.2, 0) is 22.7 Å². The van der Waals surface area contributed by atoms with Crippen LogP contribution in [0.3, 0.4) is 0 Å². The highest BCUT2D eigenvalue weighted by Gasteiger charge is 2.15. The molecule has 16 heteroatoms. The van der Waals surface area contributed by atoms with Crippen molar-refractivity contribution < 1.29 is 18.9 Å². The number of nitrogens with zero attached hydrogens (tertiary/aromatic N) is 9. The fraction of sp³-hybridized carbons (Fsp3) is 0.407. The Hall–Kier alpha value is -3.49. The molecule has 0 atom stereocenters. The summed E-state index contributed by atoms with van der Waals surface area (Å²) < 4.78 is 21.1. The third kappa shape index (κ3) is 12.3. The standard InChI is InChI=1S/C13H14ClN5O2.C9H6Cl2N4O.C5H10O/c14-10-8-12(19-4-6-20-7-5-19)18-13(17-10)21-9-11-15-2-1-3-16-11;10-6-4-7(11)15-9(14-6)16-5-8-12-2-1-3-13-8;1-2-4-6-5-3-1/h1-3,8H,4-7,9H2;1-4H,5H2;1-5H2. The molecule has 6 heterocycles. The average molecular weight is 651 g/mol. The van der Waals surface area contributed by atoms with Gasteiger partial charge in [0.25, 0.3) is 0 Å². The van der Waals surface area contributed by atoms with Crippen LogP contribution >= 0.6 is 34.8 Å². The van der Waals surface area contributed by atoms with Crippen LogP contribution in [0.25, 0.3) is 0 Å². The van der Waals surface area contributed by atoms with Crippen LogP contribution in [-0.4, -0.2) is 79.4 Å². The summed E-state index contributed by atoms with van der Waals surface area (Å²) in [7, 11) is 0. The van der Waals surface area contributed by atoms with Crippen molar-refractivity contribution >= 4 is 40.6 Å². The van der Waals surface area contributed by atoms with E-state index in [4.69, 9.17) is 53.8 Å². The number of hydrogen-bond donors (Lipinski definition) is 0. The highest BCUT2D eigenvalue weighted by atomic mass is 35.5. The summed E-state index contributed by atoms with van der Waals surface area (Å²) >= 11 is 17.4. The van der Waals surface area contributed by atoms with Crippen LogP contribution < -0.4 is 14.4 Å². The Morgan fingerprint density at radius 2 is 1.07 bits per heavy atom. The van der Waals surface area contributed by atoms with E-state index < -0.39 is 0 Å². The second-order valence-corrected chi connectivity index (χ2v) is 9.97. The summed E-state index contributed by atoms with van der Waals surface area (Å²) in [5, 5.41) is 0.795. The normalized spacial score (nSPS) is 14.4. The molecule has 0 aliphatic carbocycles. The number of aromatic nitrogens is 8. The molecule has 43 heavy (non-hydrogen) atoms. The first-order valence-electron chi connectivity index (χ1n) is 13.5. The summed E-state index contributed by atoms with van der Waals surface area (Å²) in [5.41, 5.74) is 0. The molecule has 2 fully saturated rings. The van der Waals surface area contributed by atoms with Gasteiger partial charge < -0.3 is 23.8 Å². The molecule has 228 valence electrons. The number of hydrogen-bond acceptors (Lipinski definition) is 13. The van der Waals surface area contributed by atoms with Gasteiger partial charge in [-0.2, -0.15) is 19.9 Å². The molecular formula is C27H30Cl3N9O4. The van der Waals surface area contributed by atoms with Gasteiger partial charge in [0.05, 0.1) is 13.2 Å². The van der Waals surface area contributed by atoms with E-state index in [1.807, 2.05) is 0 Å². The topological polar surface area (TPSA) is 143 Å². The van der Waals surface area contributed by atoms with Crippen molar-refractivity contribution in [2.24, 2.45) is 0 Å². The molecule has 0 bridgehead atoms. The van der Waals surface area contributed by atoms with E-state index in [9.17, 15) is 0 Å². The Bertz CT molecular complexity index is 1340. The van der Waals surface area contributed by atoms with Crippen molar-refractivity contribution in [3.8, 4) is 12.0 Å². The van der Waals surface area contributed by atoms with Crippen molar-refractivity contribution in [2.45, 2.75) is 32.5 Å². The Balaban J connectivity index is 0.000000169. The molecule has 0 spiro atoms. The van der Waals surface area contributed by atoms with Gasteiger partial charge >= 0.3 is 12.0 Å². The molecular weight excluding hydrogens is 621 g/mol. The molecule has 13 nitrogen and oxygen atoms in total. The van der Waals surface area contributed by atoms with Crippen LogP contribution in [0.5, 0.6) is 12.0 Å². The minimum atomic E-state index is 0.102. The van der Waals surface area contributed by atoms with Crippen molar-refractivity contribution in [1.82, 2.24) is 39.9 Å². The molecule has 0 saturated carbocycles. The lowest BCUT2D eigenvalue weighted by Gasteiger charge is -2.27. The summed E-state index contributed by atoms with van der Waals surface area (Å²) in [5.74, 6) is 1.83. The van der Waals surface area contributed by atoms with E-state index in [2.05, 4.69) is 44.8 Å². The predicted molar refractivity (Wildman–Crippen MR) is 160 cm³/mol. The lowest BCUT2D eigenvalue weighted by atomic mass is 10.2. The van der Waals surface area contributed by atoms with E-state index in [-0.39, 0.29) is 35.5 Å². The zero-order chi connectivity index (χ0) is 30.1. The smallest absolute Gasteiger partial charge is 0.320 e. The summed E-state index contributed by atoms with van der Waals surface area (Å²) in [6.45, 7) is 5.26. The first-order valence-corrected chi connectivity index (χ1v) is 14.6. The molecule has 0 radical (unpaired) electrons. The van der Waals surface area contributed by atoms with Crippen molar-refractivity contribution in [2.75, 3.05) is 44.4 Å². The number of morpholine rings is 1. The van der Waals surface area contributed by atoms with Crippen molar-refractivity contribution in [3.63, 3.8) is 0 Å². The minimum Gasteiger partial charge on any atom is -0.455 e. The van der Waals surface area contributed by atoms with Crippen LogP contribution in [0.4, 0.5) is 5.82 Å². The first-order chi connectivity index (χ1) is 21.0. The quantitative estimate of drug-likeness (QED) is 0.256. The summed E-state index contributed by atoms with van der Waals surface area (Å²) in [6, 6.07) is 6.93. The maximum atomic E-state index is 6.03. The van der Waals surface area contributed by atoms with Gasteiger partial charge in [0.1, 0.15) is 21.3 Å². The summed E-state index contributed by atoms with van der Waals surface area (Å²) in [6.07, 6.45) is 10.5. The lowest BCUT2D eigenvalue weighted by Crippen LogP contribution is -2.36. The number of halogens is 3. The second kappa shape index (κ2) is 18.2. The lowest BCUT2D eigenvalue weighted by molar-refractivity contribution is 0.0968. The molecule has 2 aliphatic heterocycles. The highest BCUT2D eigenvalue weighted by Crippen LogP contribution is 2.21. The number of rotatable bonds is 7. The largest absolute Gasteiger partial charge is 0.455 e. The molecule has 4 aromatic rings. The van der Waals surface area contributed by atoms with E-state index in [1.54, 1.807) is 43.0 Å². The SMILES string of the molecule is C1CCOCC1.Clc1cc(Cl)nc(OCc2ncccn2)n1.Clc1cc(N2CCOCC2)nc(OCc2ncccn2)n1. The Kier molecular flexibility index (Phi) is 13.8. The van der Waals surface area contributed by atoms with Gasteiger partial charge in [-0.25, -0.2) is 19.9 Å². The summed E-state index contributed by atoms with van der Waals surface area (Å²) in [4.78, 5) is 34.3. The Morgan fingerprint density at radius 3 is 1.53 bits per heavy atom. The predicted octanol–water partition coefficient (Wildman–Crippen LogP) is 4.67. The molecule has 4 aromatic heterocycles. The van der Waals surface area contributed by atoms with Gasteiger partial charge in [-0.3, -0.25) is 0 Å². The number of anilines is 1. The van der Waals surface area contributed by atoms with Crippen LogP contribution in [0.15, 0.2) is 49.1 Å². The molecule has 2 saturated heterocycles. The molecule has 6 rings (SSSR count).